The Bertz CT molecular complexity index is 924. The summed E-state index contributed by atoms with van der Waals surface area (Å²) in [4.78, 5) is 22.6. The average molecular weight is 354 g/mol. The van der Waals surface area contributed by atoms with Crippen molar-refractivity contribution in [2.45, 2.75) is 12.8 Å². The van der Waals surface area contributed by atoms with Gasteiger partial charge in [0.15, 0.2) is 0 Å². The highest BCUT2D eigenvalue weighted by Crippen LogP contribution is 2.24. The van der Waals surface area contributed by atoms with Crippen LogP contribution in [0.4, 0.5) is 11.4 Å². The molecule has 0 fully saturated rings. The SMILES string of the molecule is COc1ccc(NNC=O)cc1CCC(=O)Nc1ccc2[nH]nnc2c1. The van der Waals surface area contributed by atoms with E-state index in [1.807, 2.05) is 12.1 Å². The zero-order chi connectivity index (χ0) is 18.4. The fourth-order valence-corrected chi connectivity index (χ4v) is 2.56. The maximum absolute atomic E-state index is 12.2. The Morgan fingerprint density at radius 1 is 1.23 bits per heavy atom. The summed E-state index contributed by atoms with van der Waals surface area (Å²) in [6, 6.07) is 10.7. The highest BCUT2D eigenvalue weighted by atomic mass is 16.5. The molecule has 0 saturated carbocycles. The summed E-state index contributed by atoms with van der Waals surface area (Å²) in [6.45, 7) is 0. The van der Waals surface area contributed by atoms with E-state index in [0.717, 1.165) is 11.1 Å². The Morgan fingerprint density at radius 2 is 2.08 bits per heavy atom. The van der Waals surface area contributed by atoms with Crippen LogP contribution in [-0.2, 0) is 16.0 Å². The first-order chi connectivity index (χ1) is 12.7. The molecule has 1 aromatic heterocycles. The van der Waals surface area contributed by atoms with Gasteiger partial charge >= 0.3 is 0 Å². The summed E-state index contributed by atoms with van der Waals surface area (Å²) in [5.74, 6) is 0.553. The van der Waals surface area contributed by atoms with Crippen molar-refractivity contribution in [2.24, 2.45) is 0 Å². The predicted octanol–water partition coefficient (Wildman–Crippen LogP) is 1.61. The topological polar surface area (TPSA) is 121 Å². The van der Waals surface area contributed by atoms with E-state index in [9.17, 15) is 9.59 Å². The number of hydrazine groups is 1. The van der Waals surface area contributed by atoms with Gasteiger partial charge < -0.3 is 10.1 Å². The first-order valence-electron chi connectivity index (χ1n) is 7.92. The molecule has 4 N–H and O–H groups in total. The molecule has 134 valence electrons. The third-order valence-electron chi connectivity index (χ3n) is 3.79. The van der Waals surface area contributed by atoms with Gasteiger partial charge in [-0.15, -0.1) is 5.10 Å². The summed E-state index contributed by atoms with van der Waals surface area (Å²) in [5, 5.41) is 13.2. The van der Waals surface area contributed by atoms with Crippen LogP contribution in [0.1, 0.15) is 12.0 Å². The molecule has 0 aliphatic carbocycles. The van der Waals surface area contributed by atoms with Crippen LogP contribution in [0.2, 0.25) is 0 Å². The zero-order valence-electron chi connectivity index (χ0n) is 14.1. The molecular weight excluding hydrogens is 336 g/mol. The second-order valence-corrected chi connectivity index (χ2v) is 5.51. The number of H-pyrrole nitrogens is 1. The van der Waals surface area contributed by atoms with Gasteiger partial charge in [0.2, 0.25) is 12.3 Å². The highest BCUT2D eigenvalue weighted by Gasteiger charge is 2.09. The quantitative estimate of drug-likeness (QED) is 0.360. The lowest BCUT2D eigenvalue weighted by molar-refractivity contribution is -0.116. The first-order valence-corrected chi connectivity index (χ1v) is 7.92. The van der Waals surface area contributed by atoms with Gasteiger partial charge in [-0.2, -0.15) is 0 Å². The van der Waals surface area contributed by atoms with E-state index < -0.39 is 0 Å². The van der Waals surface area contributed by atoms with Gasteiger partial charge in [0.05, 0.1) is 18.3 Å². The molecule has 26 heavy (non-hydrogen) atoms. The van der Waals surface area contributed by atoms with Crippen LogP contribution in [0.25, 0.3) is 11.0 Å². The number of amides is 2. The van der Waals surface area contributed by atoms with Crippen LogP contribution in [0, 0.1) is 0 Å². The first kappa shape index (κ1) is 17.2. The van der Waals surface area contributed by atoms with Gasteiger partial charge in [0.25, 0.3) is 0 Å². The number of benzene rings is 2. The lowest BCUT2D eigenvalue weighted by Crippen LogP contribution is -2.19. The molecule has 0 unspecified atom stereocenters. The Hall–Kier alpha value is -3.62. The molecule has 9 heteroatoms. The minimum atomic E-state index is -0.126. The second kappa shape index (κ2) is 7.97. The Balaban J connectivity index is 1.63. The van der Waals surface area contributed by atoms with E-state index in [1.54, 1.807) is 31.4 Å². The van der Waals surface area contributed by atoms with E-state index in [4.69, 9.17) is 4.74 Å². The molecule has 2 aromatic carbocycles. The third kappa shape index (κ3) is 4.07. The summed E-state index contributed by atoms with van der Waals surface area (Å²) in [6.07, 6.45) is 1.30. The van der Waals surface area contributed by atoms with Gasteiger partial charge in [0, 0.05) is 12.1 Å². The second-order valence-electron chi connectivity index (χ2n) is 5.51. The van der Waals surface area contributed by atoms with E-state index in [2.05, 4.69) is 31.6 Å². The van der Waals surface area contributed by atoms with Crippen molar-refractivity contribution in [3.05, 3.63) is 42.0 Å². The standard InChI is InChI=1S/C17H18N6O3/c1-26-16-6-4-13(20-18-10-24)8-11(16)2-7-17(25)19-12-3-5-14-15(9-12)22-23-21-14/h3-6,8-10,20H,2,7H2,1H3,(H,18,24)(H,19,25)(H,21,22,23). The number of hydrogen-bond donors (Lipinski definition) is 4. The summed E-state index contributed by atoms with van der Waals surface area (Å²) >= 11 is 0. The number of hydrogen-bond acceptors (Lipinski definition) is 6. The average Bonchev–Trinajstić information content (AvgIpc) is 3.12. The molecule has 0 radical (unpaired) electrons. The van der Waals surface area contributed by atoms with E-state index in [-0.39, 0.29) is 12.3 Å². The van der Waals surface area contributed by atoms with Gasteiger partial charge in [0.1, 0.15) is 11.3 Å². The molecule has 0 atom stereocenters. The number of methoxy groups -OCH3 is 1. The van der Waals surface area contributed by atoms with Crippen LogP contribution < -0.4 is 20.9 Å². The van der Waals surface area contributed by atoms with Gasteiger partial charge in [-0.3, -0.25) is 25.5 Å². The molecule has 0 spiro atoms. The van der Waals surface area contributed by atoms with Crippen molar-refractivity contribution in [3.63, 3.8) is 0 Å². The minimum Gasteiger partial charge on any atom is -0.496 e. The van der Waals surface area contributed by atoms with E-state index >= 15 is 0 Å². The third-order valence-corrected chi connectivity index (χ3v) is 3.79. The Kier molecular flexibility index (Phi) is 5.28. The normalized spacial score (nSPS) is 10.3. The van der Waals surface area contributed by atoms with Crippen LogP contribution >= 0.6 is 0 Å². The van der Waals surface area contributed by atoms with Crippen molar-refractivity contribution in [3.8, 4) is 5.75 Å². The molecule has 2 amide bonds. The Labute approximate surface area is 149 Å². The number of nitrogens with zero attached hydrogens (tertiary/aromatic N) is 2. The van der Waals surface area contributed by atoms with Gasteiger partial charge in [-0.1, -0.05) is 5.21 Å². The highest BCUT2D eigenvalue weighted by molar-refractivity contribution is 5.93. The number of anilines is 2. The molecule has 1 heterocycles. The van der Waals surface area contributed by atoms with Crippen LogP contribution in [-0.4, -0.2) is 34.8 Å². The molecular formula is C17H18N6O3. The number of aryl methyl sites for hydroxylation is 1. The van der Waals surface area contributed by atoms with Crippen LogP contribution in [0.15, 0.2) is 36.4 Å². The maximum atomic E-state index is 12.2. The molecule has 0 saturated heterocycles. The fraction of sp³-hybridized carbons (Fsp3) is 0.176. The zero-order valence-corrected chi connectivity index (χ0v) is 14.1. The van der Waals surface area contributed by atoms with E-state index in [0.29, 0.717) is 35.5 Å². The number of carbonyl (C=O) groups is 2. The van der Waals surface area contributed by atoms with Crippen molar-refractivity contribution in [1.82, 2.24) is 20.8 Å². The van der Waals surface area contributed by atoms with Gasteiger partial charge in [-0.25, -0.2) is 0 Å². The summed E-state index contributed by atoms with van der Waals surface area (Å²) in [5.41, 5.74) is 8.82. The maximum Gasteiger partial charge on any atom is 0.225 e. The van der Waals surface area contributed by atoms with Crippen LogP contribution in [0.5, 0.6) is 5.75 Å². The monoisotopic (exact) mass is 354 g/mol. The molecule has 9 nitrogen and oxygen atoms in total. The summed E-state index contributed by atoms with van der Waals surface area (Å²) < 4.78 is 5.33. The van der Waals surface area contributed by atoms with E-state index in [1.165, 1.54) is 0 Å². The molecule has 0 bridgehead atoms. The molecule has 3 aromatic rings. The van der Waals surface area contributed by atoms with Crippen molar-refractivity contribution in [2.75, 3.05) is 17.9 Å². The van der Waals surface area contributed by atoms with Gasteiger partial charge in [-0.05, 0) is 48.4 Å². The smallest absolute Gasteiger partial charge is 0.225 e. The lowest BCUT2D eigenvalue weighted by Gasteiger charge is -2.12. The lowest BCUT2D eigenvalue weighted by atomic mass is 10.1. The number of aromatic amines is 1. The number of fused-ring (bicyclic) bond motifs is 1. The molecule has 0 aliphatic heterocycles. The Morgan fingerprint density at radius 3 is 2.88 bits per heavy atom. The van der Waals surface area contributed by atoms with Crippen molar-refractivity contribution in [1.29, 1.82) is 0 Å². The van der Waals surface area contributed by atoms with Crippen LogP contribution in [0.3, 0.4) is 0 Å². The molecule has 3 rings (SSSR count). The van der Waals surface area contributed by atoms with Crippen molar-refractivity contribution >= 4 is 34.7 Å². The number of nitrogens with one attached hydrogen (secondary N) is 4. The number of carbonyl (C=O) groups excluding carboxylic acids is 2. The fourth-order valence-electron chi connectivity index (χ4n) is 2.56. The predicted molar refractivity (Wildman–Crippen MR) is 96.7 cm³/mol. The molecule has 0 aliphatic rings. The van der Waals surface area contributed by atoms with Crippen molar-refractivity contribution < 1.29 is 14.3 Å². The number of rotatable bonds is 8. The minimum absolute atomic E-state index is 0.126. The summed E-state index contributed by atoms with van der Waals surface area (Å²) in [7, 11) is 1.57. The number of ether oxygens (including phenoxy) is 1. The largest absolute Gasteiger partial charge is 0.496 e. The number of aromatic nitrogens is 3.